The van der Waals surface area contributed by atoms with Crippen LogP contribution in [0.2, 0.25) is 5.02 Å². The molecule has 60 valence electrons. The van der Waals surface area contributed by atoms with Crippen LogP contribution in [0.3, 0.4) is 0 Å². The molecule has 4 heteroatoms. The van der Waals surface area contributed by atoms with Crippen molar-refractivity contribution in [3.05, 3.63) is 17.3 Å². The Labute approximate surface area is 70.3 Å². The molecule has 0 atom stereocenters. The van der Waals surface area contributed by atoms with Crippen LogP contribution in [0.4, 0.5) is 5.82 Å². The summed E-state index contributed by atoms with van der Waals surface area (Å²) in [4.78, 5) is 4.01. The molecule has 1 aromatic rings. The molecule has 1 heterocycles. The number of nitrogens with zero attached hydrogens (tertiary/aromatic N) is 1. The van der Waals surface area contributed by atoms with E-state index in [2.05, 4.69) is 10.3 Å². The van der Waals surface area contributed by atoms with Gasteiger partial charge in [0, 0.05) is 13.1 Å². The van der Waals surface area contributed by atoms with E-state index in [0.717, 1.165) is 5.82 Å². The van der Waals surface area contributed by atoms with E-state index in [1.807, 2.05) is 0 Å². The van der Waals surface area contributed by atoms with Gasteiger partial charge in [-0.3, -0.25) is 0 Å². The van der Waals surface area contributed by atoms with Crippen LogP contribution in [0.15, 0.2) is 12.3 Å². The fourth-order valence-corrected chi connectivity index (χ4v) is 0.934. The zero-order valence-electron chi connectivity index (χ0n) is 6.39. The fourth-order valence-electron chi connectivity index (χ4n) is 0.705. The lowest BCUT2D eigenvalue weighted by Gasteiger charge is -2.03. The van der Waals surface area contributed by atoms with E-state index in [9.17, 15) is 0 Å². The van der Waals surface area contributed by atoms with Crippen LogP contribution in [0.1, 0.15) is 0 Å². The number of ether oxygens (including phenoxy) is 1. The van der Waals surface area contributed by atoms with Crippen LogP contribution in [-0.2, 0) is 0 Å². The first kappa shape index (κ1) is 8.14. The first-order chi connectivity index (χ1) is 5.27. The number of hydrogen-bond donors (Lipinski definition) is 1. The van der Waals surface area contributed by atoms with Crippen molar-refractivity contribution in [2.75, 3.05) is 19.5 Å². The normalized spacial score (nSPS) is 9.36. The molecule has 0 amide bonds. The highest BCUT2D eigenvalue weighted by Gasteiger charge is 2.00. The lowest BCUT2D eigenvalue weighted by atomic mass is 10.4. The van der Waals surface area contributed by atoms with E-state index in [1.54, 1.807) is 26.4 Å². The van der Waals surface area contributed by atoms with E-state index < -0.39 is 0 Å². The molecule has 3 nitrogen and oxygen atoms in total. The maximum absolute atomic E-state index is 5.80. The van der Waals surface area contributed by atoms with Crippen LogP contribution in [0.25, 0.3) is 0 Å². The van der Waals surface area contributed by atoms with Crippen molar-refractivity contribution in [3.63, 3.8) is 0 Å². The molecule has 0 radical (unpaired) electrons. The van der Waals surface area contributed by atoms with E-state index in [-0.39, 0.29) is 0 Å². The Balaban J connectivity index is 2.99. The van der Waals surface area contributed by atoms with E-state index in [4.69, 9.17) is 16.3 Å². The second-order valence-electron chi connectivity index (χ2n) is 1.95. The second-order valence-corrected chi connectivity index (χ2v) is 2.36. The zero-order valence-corrected chi connectivity index (χ0v) is 7.14. The third-order valence-corrected chi connectivity index (χ3v) is 1.59. The molecule has 0 bridgehead atoms. The van der Waals surface area contributed by atoms with Crippen molar-refractivity contribution in [2.24, 2.45) is 0 Å². The van der Waals surface area contributed by atoms with Crippen LogP contribution >= 0.6 is 11.6 Å². The monoisotopic (exact) mass is 172 g/mol. The van der Waals surface area contributed by atoms with Crippen LogP contribution in [-0.4, -0.2) is 19.1 Å². The summed E-state index contributed by atoms with van der Waals surface area (Å²) >= 11 is 5.80. The van der Waals surface area contributed by atoms with Gasteiger partial charge < -0.3 is 10.1 Å². The minimum atomic E-state index is 0.562. The average Bonchev–Trinajstić information content (AvgIpc) is 2.04. The predicted molar refractivity (Wildman–Crippen MR) is 45.3 cm³/mol. The summed E-state index contributed by atoms with van der Waals surface area (Å²) in [5, 5.41) is 3.43. The first-order valence-corrected chi connectivity index (χ1v) is 3.53. The summed E-state index contributed by atoms with van der Waals surface area (Å²) < 4.78 is 4.92. The van der Waals surface area contributed by atoms with Crippen molar-refractivity contribution in [3.8, 4) is 5.75 Å². The van der Waals surface area contributed by atoms with Gasteiger partial charge in [-0.15, -0.1) is 0 Å². The van der Waals surface area contributed by atoms with Gasteiger partial charge in [0.15, 0.2) is 5.75 Å². The predicted octanol–water partition coefficient (Wildman–Crippen LogP) is 1.79. The molecule has 0 saturated heterocycles. The van der Waals surface area contributed by atoms with Crippen molar-refractivity contribution in [2.45, 2.75) is 0 Å². The van der Waals surface area contributed by atoms with Gasteiger partial charge in [-0.25, -0.2) is 4.98 Å². The van der Waals surface area contributed by atoms with Crippen molar-refractivity contribution in [1.29, 1.82) is 0 Å². The van der Waals surface area contributed by atoms with Gasteiger partial charge in [0.05, 0.1) is 18.3 Å². The molecule has 0 aliphatic heterocycles. The quantitative estimate of drug-likeness (QED) is 0.739. The number of pyridine rings is 1. The topological polar surface area (TPSA) is 34.1 Å². The molecular formula is C7H9ClN2O. The number of aromatic nitrogens is 1. The smallest absolute Gasteiger partial charge is 0.155 e. The highest BCUT2D eigenvalue weighted by atomic mass is 35.5. The number of nitrogens with one attached hydrogen (secondary N) is 1. The summed E-state index contributed by atoms with van der Waals surface area (Å²) in [6, 6.07) is 1.71. The van der Waals surface area contributed by atoms with Crippen molar-refractivity contribution in [1.82, 2.24) is 4.98 Å². The molecular weight excluding hydrogens is 164 g/mol. The molecule has 11 heavy (non-hydrogen) atoms. The summed E-state index contributed by atoms with van der Waals surface area (Å²) in [5.74, 6) is 1.32. The van der Waals surface area contributed by atoms with E-state index in [1.165, 1.54) is 0 Å². The molecule has 0 saturated carbocycles. The largest absolute Gasteiger partial charge is 0.494 e. The lowest BCUT2D eigenvalue weighted by Crippen LogP contribution is -1.93. The van der Waals surface area contributed by atoms with Crippen molar-refractivity contribution < 1.29 is 4.74 Å². The zero-order chi connectivity index (χ0) is 8.27. The number of methoxy groups -OCH3 is 1. The second kappa shape index (κ2) is 3.44. The lowest BCUT2D eigenvalue weighted by molar-refractivity contribution is 0.413. The van der Waals surface area contributed by atoms with Crippen LogP contribution < -0.4 is 10.1 Å². The van der Waals surface area contributed by atoms with Gasteiger partial charge in [-0.1, -0.05) is 11.6 Å². The Hall–Kier alpha value is -0.960. The molecule has 0 spiro atoms. The Morgan fingerprint density at radius 2 is 2.36 bits per heavy atom. The molecule has 1 N–H and O–H groups in total. The molecule has 0 fully saturated rings. The van der Waals surface area contributed by atoms with Crippen LogP contribution in [0.5, 0.6) is 5.75 Å². The number of rotatable bonds is 2. The van der Waals surface area contributed by atoms with Gasteiger partial charge in [-0.2, -0.15) is 0 Å². The molecule has 0 aliphatic carbocycles. The summed E-state index contributed by atoms with van der Waals surface area (Å²) in [6.07, 6.45) is 1.58. The highest BCUT2D eigenvalue weighted by Crippen LogP contribution is 2.24. The molecule has 1 rings (SSSR count). The minimum absolute atomic E-state index is 0.562. The van der Waals surface area contributed by atoms with Gasteiger partial charge in [0.25, 0.3) is 0 Å². The summed E-state index contributed by atoms with van der Waals surface area (Å²) in [7, 11) is 3.34. The third kappa shape index (κ3) is 1.74. The van der Waals surface area contributed by atoms with E-state index >= 15 is 0 Å². The van der Waals surface area contributed by atoms with Crippen LogP contribution in [0, 0.1) is 0 Å². The first-order valence-electron chi connectivity index (χ1n) is 3.15. The maximum Gasteiger partial charge on any atom is 0.155 e. The minimum Gasteiger partial charge on any atom is -0.494 e. The Bertz CT molecular complexity index is 252. The number of halogens is 1. The fraction of sp³-hybridized carbons (Fsp3) is 0.286. The molecule has 0 aromatic carbocycles. The Kier molecular flexibility index (Phi) is 2.54. The SMILES string of the molecule is CNc1cc(Cl)c(OC)cn1. The molecule has 1 aromatic heterocycles. The highest BCUT2D eigenvalue weighted by molar-refractivity contribution is 6.32. The summed E-state index contributed by atoms with van der Waals surface area (Å²) in [6.45, 7) is 0. The number of hydrogen-bond acceptors (Lipinski definition) is 3. The van der Waals surface area contributed by atoms with Gasteiger partial charge in [0.2, 0.25) is 0 Å². The number of anilines is 1. The third-order valence-electron chi connectivity index (χ3n) is 1.30. The van der Waals surface area contributed by atoms with Gasteiger partial charge in [0.1, 0.15) is 5.82 Å². The molecule has 0 unspecified atom stereocenters. The van der Waals surface area contributed by atoms with E-state index in [0.29, 0.717) is 10.8 Å². The average molecular weight is 173 g/mol. The van der Waals surface area contributed by atoms with Crippen molar-refractivity contribution >= 4 is 17.4 Å². The van der Waals surface area contributed by atoms with Gasteiger partial charge >= 0.3 is 0 Å². The van der Waals surface area contributed by atoms with Gasteiger partial charge in [-0.05, 0) is 0 Å². The maximum atomic E-state index is 5.80. The Morgan fingerprint density at radius 3 is 2.82 bits per heavy atom. The standard InChI is InChI=1S/C7H9ClN2O/c1-9-7-3-5(8)6(11-2)4-10-7/h3-4H,1-2H3,(H,9,10). The Morgan fingerprint density at radius 1 is 1.64 bits per heavy atom. The summed E-state index contributed by atoms with van der Waals surface area (Å²) in [5.41, 5.74) is 0. The molecule has 0 aliphatic rings.